The van der Waals surface area contributed by atoms with Crippen molar-refractivity contribution in [3.8, 4) is 11.4 Å². The Morgan fingerprint density at radius 2 is 1.34 bits per heavy atom. The van der Waals surface area contributed by atoms with E-state index in [-0.39, 0.29) is 0 Å². The molecule has 0 unspecified atom stereocenters. The molecular weight excluding hydrogens is 454 g/mol. The SMILES string of the molecule is CO[Si](OC)(OC)c1ccc(C[n+]2ccc(/C=C/c3ccnc(-c4cc(C)ccn4)c3)cc2)cc1. The summed E-state index contributed by atoms with van der Waals surface area (Å²) in [5.41, 5.74) is 6.31. The molecule has 0 N–H and O–H groups in total. The van der Waals surface area contributed by atoms with E-state index in [0.29, 0.717) is 0 Å². The highest BCUT2D eigenvalue weighted by atomic mass is 28.4. The molecule has 0 fully saturated rings. The summed E-state index contributed by atoms with van der Waals surface area (Å²) in [7, 11) is 2.06. The molecule has 178 valence electrons. The summed E-state index contributed by atoms with van der Waals surface area (Å²) in [6.45, 7) is 2.82. The number of hydrogen-bond acceptors (Lipinski definition) is 5. The maximum absolute atomic E-state index is 5.56. The van der Waals surface area contributed by atoms with Gasteiger partial charge in [-0.3, -0.25) is 9.97 Å². The first-order valence-electron chi connectivity index (χ1n) is 11.4. The van der Waals surface area contributed by atoms with Crippen molar-refractivity contribution in [2.45, 2.75) is 13.5 Å². The molecule has 7 heteroatoms. The molecule has 0 aliphatic rings. The molecule has 1 aromatic carbocycles. The standard InChI is InChI=1S/C28H30N3O3Si/c1-22-11-15-29-27(19-22)28-20-24(12-16-30-28)6-5-23-13-17-31(18-14-23)21-25-7-9-26(10-8-25)35(32-2,33-3)34-4/h5-20H,21H2,1-4H3/q+1/b6-5+. The lowest BCUT2D eigenvalue weighted by Gasteiger charge is -2.24. The molecule has 0 saturated heterocycles. The molecule has 0 bridgehead atoms. The maximum atomic E-state index is 5.56. The Hall–Kier alpha value is -3.49. The number of rotatable bonds is 9. The van der Waals surface area contributed by atoms with Crippen molar-refractivity contribution in [2.24, 2.45) is 0 Å². The number of nitrogens with zero attached hydrogens (tertiary/aromatic N) is 3. The van der Waals surface area contributed by atoms with Crippen molar-refractivity contribution in [1.82, 2.24) is 9.97 Å². The maximum Gasteiger partial charge on any atom is 0.536 e. The van der Waals surface area contributed by atoms with Crippen molar-refractivity contribution in [3.05, 3.63) is 108 Å². The average Bonchev–Trinajstić information content (AvgIpc) is 2.91. The van der Waals surface area contributed by atoms with Crippen molar-refractivity contribution >= 4 is 26.1 Å². The second-order valence-electron chi connectivity index (χ2n) is 8.20. The molecule has 0 aliphatic heterocycles. The Labute approximate surface area is 207 Å². The molecule has 0 saturated carbocycles. The van der Waals surface area contributed by atoms with Gasteiger partial charge in [0.1, 0.15) is 0 Å². The van der Waals surface area contributed by atoms with E-state index < -0.39 is 8.80 Å². The van der Waals surface area contributed by atoms with E-state index in [2.05, 4.69) is 76.3 Å². The molecule has 35 heavy (non-hydrogen) atoms. The minimum absolute atomic E-state index is 0.767. The van der Waals surface area contributed by atoms with Crippen LogP contribution >= 0.6 is 0 Å². The lowest BCUT2D eigenvalue weighted by Crippen LogP contribution is -2.54. The zero-order valence-corrected chi connectivity index (χ0v) is 21.5. The van der Waals surface area contributed by atoms with E-state index >= 15 is 0 Å². The Morgan fingerprint density at radius 1 is 0.743 bits per heavy atom. The Morgan fingerprint density at radius 3 is 1.97 bits per heavy atom. The molecule has 0 aliphatic carbocycles. The van der Waals surface area contributed by atoms with Crippen LogP contribution in [0.2, 0.25) is 0 Å². The summed E-state index contributed by atoms with van der Waals surface area (Å²) in [6, 6.07) is 20.5. The van der Waals surface area contributed by atoms with Crippen molar-refractivity contribution in [3.63, 3.8) is 0 Å². The van der Waals surface area contributed by atoms with Gasteiger partial charge in [-0.1, -0.05) is 36.4 Å². The van der Waals surface area contributed by atoms with Crippen LogP contribution in [0.4, 0.5) is 0 Å². The third-order valence-corrected chi connectivity index (χ3v) is 8.48. The monoisotopic (exact) mass is 484 g/mol. The molecule has 4 aromatic rings. The highest BCUT2D eigenvalue weighted by Gasteiger charge is 2.40. The van der Waals surface area contributed by atoms with Crippen LogP contribution < -0.4 is 9.75 Å². The zero-order valence-electron chi connectivity index (χ0n) is 20.5. The van der Waals surface area contributed by atoms with Gasteiger partial charge in [-0.2, -0.15) is 0 Å². The van der Waals surface area contributed by atoms with Crippen LogP contribution in [0.25, 0.3) is 23.5 Å². The van der Waals surface area contributed by atoms with E-state index in [0.717, 1.165) is 34.2 Å². The van der Waals surface area contributed by atoms with E-state index in [1.54, 1.807) is 21.3 Å². The molecule has 0 amide bonds. The van der Waals surface area contributed by atoms with Crippen molar-refractivity contribution in [1.29, 1.82) is 0 Å². The van der Waals surface area contributed by atoms with Crippen LogP contribution in [-0.2, 0) is 19.8 Å². The predicted octanol–water partition coefficient (Wildman–Crippen LogP) is 4.04. The first-order valence-corrected chi connectivity index (χ1v) is 13.1. The number of pyridine rings is 3. The Kier molecular flexibility index (Phi) is 7.94. The summed E-state index contributed by atoms with van der Waals surface area (Å²) in [6.07, 6.45) is 12.0. The third kappa shape index (κ3) is 5.96. The molecule has 3 aromatic heterocycles. The largest absolute Gasteiger partial charge is 0.536 e. The van der Waals surface area contributed by atoms with Crippen molar-refractivity contribution in [2.75, 3.05) is 21.3 Å². The van der Waals surface area contributed by atoms with Gasteiger partial charge in [-0.15, -0.1) is 0 Å². The molecule has 3 heterocycles. The smallest absolute Gasteiger partial charge is 0.373 e. The van der Waals surface area contributed by atoms with Gasteiger partial charge in [0, 0.05) is 56.6 Å². The van der Waals surface area contributed by atoms with Crippen LogP contribution in [0.15, 0.2) is 85.5 Å². The second-order valence-corrected chi connectivity index (χ2v) is 11.1. The topological polar surface area (TPSA) is 57.4 Å². The molecule has 0 spiro atoms. The van der Waals surface area contributed by atoms with Gasteiger partial charge in [-0.25, -0.2) is 4.57 Å². The lowest BCUT2D eigenvalue weighted by molar-refractivity contribution is -0.688. The molecule has 6 nitrogen and oxygen atoms in total. The lowest BCUT2D eigenvalue weighted by atomic mass is 10.1. The Balaban J connectivity index is 1.42. The third-order valence-electron chi connectivity index (χ3n) is 5.83. The predicted molar refractivity (Wildman–Crippen MR) is 140 cm³/mol. The quantitative estimate of drug-likeness (QED) is 0.265. The van der Waals surface area contributed by atoms with Gasteiger partial charge in [0.15, 0.2) is 18.9 Å². The van der Waals surface area contributed by atoms with E-state index in [9.17, 15) is 0 Å². The van der Waals surface area contributed by atoms with Crippen LogP contribution in [0.1, 0.15) is 22.3 Å². The van der Waals surface area contributed by atoms with Crippen molar-refractivity contribution < 1.29 is 17.8 Å². The van der Waals surface area contributed by atoms with E-state index in [1.807, 2.05) is 42.7 Å². The van der Waals surface area contributed by atoms with E-state index in [4.69, 9.17) is 13.3 Å². The highest BCUT2D eigenvalue weighted by molar-refractivity contribution is 6.75. The van der Waals surface area contributed by atoms with Gasteiger partial charge in [-0.05, 0) is 47.9 Å². The minimum atomic E-state index is -2.80. The summed E-state index contributed by atoms with van der Waals surface area (Å²) < 4.78 is 18.8. The molecule has 4 rings (SSSR count). The summed E-state index contributed by atoms with van der Waals surface area (Å²) in [5.74, 6) is 0. The highest BCUT2D eigenvalue weighted by Crippen LogP contribution is 2.18. The van der Waals surface area contributed by atoms with Gasteiger partial charge >= 0.3 is 8.80 Å². The number of hydrogen-bond donors (Lipinski definition) is 0. The fourth-order valence-electron chi connectivity index (χ4n) is 3.87. The fraction of sp³-hybridized carbons (Fsp3) is 0.179. The normalized spacial score (nSPS) is 11.8. The van der Waals surface area contributed by atoms with Gasteiger partial charge in [0.05, 0.1) is 11.4 Å². The average molecular weight is 485 g/mol. The number of aromatic nitrogens is 3. The number of aryl methyl sites for hydroxylation is 1. The zero-order chi connectivity index (χ0) is 24.7. The van der Waals surface area contributed by atoms with Gasteiger partial charge in [0.25, 0.3) is 0 Å². The van der Waals surface area contributed by atoms with Crippen LogP contribution in [0.3, 0.4) is 0 Å². The Bertz CT molecular complexity index is 1280. The van der Waals surface area contributed by atoms with Crippen LogP contribution in [-0.4, -0.2) is 40.1 Å². The first kappa shape index (κ1) is 24.6. The molecule has 0 atom stereocenters. The summed E-state index contributed by atoms with van der Waals surface area (Å²) >= 11 is 0. The van der Waals surface area contributed by atoms with Gasteiger partial charge < -0.3 is 13.3 Å². The van der Waals surface area contributed by atoms with Crippen LogP contribution in [0.5, 0.6) is 0 Å². The van der Waals surface area contributed by atoms with Gasteiger partial charge in [0.2, 0.25) is 0 Å². The second kappa shape index (κ2) is 11.3. The van der Waals surface area contributed by atoms with E-state index in [1.165, 1.54) is 11.1 Å². The summed E-state index contributed by atoms with van der Waals surface area (Å²) in [5, 5.41) is 0.941. The molecular formula is C28H30N3O3Si+. The fourth-order valence-corrected chi connectivity index (χ4v) is 5.66. The molecule has 0 radical (unpaired) electrons. The summed E-state index contributed by atoms with van der Waals surface area (Å²) in [4.78, 5) is 8.91. The number of benzene rings is 1. The minimum Gasteiger partial charge on any atom is -0.373 e. The first-order chi connectivity index (χ1) is 17.0. The van der Waals surface area contributed by atoms with Crippen LogP contribution in [0, 0.1) is 6.92 Å².